The van der Waals surface area contributed by atoms with Gasteiger partial charge in [0.1, 0.15) is 0 Å². The van der Waals surface area contributed by atoms with E-state index in [-0.39, 0.29) is 0 Å². The van der Waals surface area contributed by atoms with Gasteiger partial charge in [0.25, 0.3) is 0 Å². The molecule has 0 fully saturated rings. The predicted octanol–water partition coefficient (Wildman–Crippen LogP) is 14.6. The monoisotopic (exact) mass is 692 g/mol. The molecular weight excluding hydrogens is 616 g/mol. The summed E-state index contributed by atoms with van der Waals surface area (Å²) in [5.41, 5.74) is 0. The van der Waals surface area contributed by atoms with E-state index in [1.54, 1.807) is 53.0 Å². The Kier molecular flexibility index (Phi) is 35.4. The van der Waals surface area contributed by atoms with Crippen molar-refractivity contribution in [1.82, 2.24) is 0 Å². The standard InChI is InChI=1S/3C12H25.W/c3*1-3-5-7-9-11-12-10-8-6-4-2;/h3*1,3-12H2,2H3;. The van der Waals surface area contributed by atoms with Gasteiger partial charge in [-0.1, -0.05) is 0 Å². The molecule has 0 N–H and O–H groups in total. The molecule has 0 nitrogen and oxygen atoms in total. The molecule has 0 amide bonds. The summed E-state index contributed by atoms with van der Waals surface area (Å²) in [4.78, 5) is 5.18. The van der Waals surface area contributed by atoms with Crippen LogP contribution in [0, 0.1) is 0 Å². The molecule has 0 aliphatic rings. The fourth-order valence-corrected chi connectivity index (χ4v) is 14.5. The van der Waals surface area contributed by atoms with Crippen molar-refractivity contribution >= 4 is 0 Å². The Balaban J connectivity index is 3.87. The van der Waals surface area contributed by atoms with E-state index in [1.807, 2.05) is 0 Å². The van der Waals surface area contributed by atoms with E-state index in [0.717, 1.165) is 0 Å². The fraction of sp³-hybridized carbons (Fsp3) is 1.00. The minimum atomic E-state index is -1.07. The van der Waals surface area contributed by atoms with Crippen molar-refractivity contribution in [3.63, 3.8) is 0 Å². The second-order valence-electron chi connectivity index (χ2n) is 12.3. The number of hydrogen-bond donors (Lipinski definition) is 0. The molecule has 0 atom stereocenters. The first-order chi connectivity index (χ1) is 18.3. The van der Waals surface area contributed by atoms with E-state index >= 15 is 0 Å². The molecule has 0 aromatic heterocycles. The van der Waals surface area contributed by atoms with Crippen LogP contribution in [0.3, 0.4) is 0 Å². The van der Waals surface area contributed by atoms with Gasteiger partial charge in [0.2, 0.25) is 0 Å². The quantitative estimate of drug-likeness (QED) is 0.0601. The molecule has 0 aliphatic heterocycles. The Labute approximate surface area is 244 Å². The van der Waals surface area contributed by atoms with Gasteiger partial charge in [-0.05, 0) is 0 Å². The summed E-state index contributed by atoms with van der Waals surface area (Å²) >= 11 is -1.07. The molecule has 0 aliphatic carbocycles. The van der Waals surface area contributed by atoms with Crippen LogP contribution in [0.15, 0.2) is 0 Å². The zero-order valence-corrected chi connectivity index (χ0v) is 29.7. The third kappa shape index (κ3) is 32.8. The Morgan fingerprint density at radius 2 is 0.378 bits per heavy atom. The molecule has 0 radical (unpaired) electrons. The van der Waals surface area contributed by atoms with Crippen LogP contribution in [0.2, 0.25) is 14.4 Å². The molecule has 0 bridgehead atoms. The molecule has 0 unspecified atom stereocenters. The molecule has 0 heterocycles. The van der Waals surface area contributed by atoms with Gasteiger partial charge in [-0.25, -0.2) is 0 Å². The average molecular weight is 692 g/mol. The van der Waals surface area contributed by atoms with E-state index < -0.39 is 17.3 Å². The SMILES string of the molecule is CCCCCCCCCCC[CH2][W]([CH2]CCCCCCCCCCC)[CH2]CCCCCCCCCCC. The van der Waals surface area contributed by atoms with Crippen LogP contribution in [0.1, 0.15) is 213 Å². The van der Waals surface area contributed by atoms with Crippen LogP contribution in [0.25, 0.3) is 0 Å². The molecule has 1 heteroatoms. The van der Waals surface area contributed by atoms with E-state index in [4.69, 9.17) is 0 Å². The first-order valence-corrected chi connectivity index (χ1v) is 24.2. The molecule has 0 rings (SSSR count). The van der Waals surface area contributed by atoms with Crippen molar-refractivity contribution in [3.8, 4) is 0 Å². The van der Waals surface area contributed by atoms with E-state index in [2.05, 4.69) is 20.8 Å². The summed E-state index contributed by atoms with van der Waals surface area (Å²) in [5.74, 6) is 0. The summed E-state index contributed by atoms with van der Waals surface area (Å²) in [6.07, 6.45) is 45.0. The van der Waals surface area contributed by atoms with Gasteiger partial charge in [0.15, 0.2) is 0 Å². The zero-order valence-electron chi connectivity index (χ0n) is 26.7. The summed E-state index contributed by atoms with van der Waals surface area (Å²) in [6.45, 7) is 6.97. The molecule has 225 valence electrons. The topological polar surface area (TPSA) is 0 Å². The Morgan fingerprint density at radius 1 is 0.216 bits per heavy atom. The van der Waals surface area contributed by atoms with Gasteiger partial charge in [-0.15, -0.1) is 0 Å². The summed E-state index contributed by atoms with van der Waals surface area (Å²) in [5, 5.41) is 0. The van der Waals surface area contributed by atoms with Crippen molar-refractivity contribution in [3.05, 3.63) is 0 Å². The predicted molar refractivity (Wildman–Crippen MR) is 170 cm³/mol. The van der Waals surface area contributed by atoms with Crippen LogP contribution in [-0.2, 0) is 17.3 Å². The average Bonchev–Trinajstić information content (AvgIpc) is 2.91. The van der Waals surface area contributed by atoms with Gasteiger partial charge in [0.05, 0.1) is 0 Å². The van der Waals surface area contributed by atoms with Gasteiger partial charge in [-0.2, -0.15) is 0 Å². The van der Waals surface area contributed by atoms with Crippen molar-refractivity contribution < 1.29 is 17.3 Å². The van der Waals surface area contributed by atoms with Gasteiger partial charge >= 0.3 is 245 Å². The third-order valence-electron chi connectivity index (χ3n) is 8.36. The van der Waals surface area contributed by atoms with Crippen LogP contribution in [0.5, 0.6) is 0 Å². The molecular formula is C36H75W. The second-order valence-corrected chi connectivity index (χ2v) is 21.1. The number of hydrogen-bond acceptors (Lipinski definition) is 0. The van der Waals surface area contributed by atoms with Crippen LogP contribution in [-0.4, -0.2) is 0 Å². The van der Waals surface area contributed by atoms with Gasteiger partial charge in [0, 0.05) is 0 Å². The molecule has 0 saturated carbocycles. The summed E-state index contributed by atoms with van der Waals surface area (Å²) in [7, 11) is 0. The molecule has 37 heavy (non-hydrogen) atoms. The Bertz CT molecular complexity index is 322. The zero-order chi connectivity index (χ0) is 26.9. The second kappa shape index (κ2) is 34.7. The van der Waals surface area contributed by atoms with Crippen LogP contribution in [0.4, 0.5) is 0 Å². The Morgan fingerprint density at radius 3 is 0.568 bits per heavy atom. The first-order valence-electron chi connectivity index (χ1n) is 18.0. The minimum absolute atomic E-state index is 1.07. The summed E-state index contributed by atoms with van der Waals surface area (Å²) < 4.78 is 0. The van der Waals surface area contributed by atoms with Crippen LogP contribution >= 0.6 is 0 Å². The van der Waals surface area contributed by atoms with Crippen molar-refractivity contribution in [2.45, 2.75) is 228 Å². The van der Waals surface area contributed by atoms with Crippen molar-refractivity contribution in [1.29, 1.82) is 0 Å². The fourth-order valence-electron chi connectivity index (χ4n) is 5.69. The van der Waals surface area contributed by atoms with E-state index in [9.17, 15) is 0 Å². The van der Waals surface area contributed by atoms with Crippen molar-refractivity contribution in [2.75, 3.05) is 0 Å². The molecule has 0 aromatic carbocycles. The summed E-state index contributed by atoms with van der Waals surface area (Å²) in [6, 6.07) is 0. The van der Waals surface area contributed by atoms with Gasteiger partial charge < -0.3 is 0 Å². The van der Waals surface area contributed by atoms with E-state index in [1.165, 1.54) is 154 Å². The third-order valence-corrected chi connectivity index (χ3v) is 17.7. The van der Waals surface area contributed by atoms with Crippen molar-refractivity contribution in [2.24, 2.45) is 0 Å². The van der Waals surface area contributed by atoms with E-state index in [0.29, 0.717) is 0 Å². The molecule has 0 saturated heterocycles. The van der Waals surface area contributed by atoms with Gasteiger partial charge in [-0.3, -0.25) is 0 Å². The molecule has 0 spiro atoms. The van der Waals surface area contributed by atoms with Crippen LogP contribution < -0.4 is 0 Å². The maximum atomic E-state index is 2.32. The Hall–Kier alpha value is 0.688. The first kappa shape index (κ1) is 37.7. The molecule has 0 aromatic rings. The number of rotatable bonds is 33. The maximum absolute atomic E-state index is 2.32. The normalized spacial score (nSPS) is 11.7. The number of unbranched alkanes of at least 4 members (excludes halogenated alkanes) is 27.